The van der Waals surface area contributed by atoms with Gasteiger partial charge in [0.1, 0.15) is 0 Å². The van der Waals surface area contributed by atoms with Crippen LogP contribution in [0.1, 0.15) is 52.0 Å². The van der Waals surface area contributed by atoms with Crippen LogP contribution in [0.25, 0.3) is 0 Å². The molecule has 142 valence electrons. The summed E-state index contributed by atoms with van der Waals surface area (Å²) in [6.07, 6.45) is 3.25. The Morgan fingerprint density at radius 1 is 1.04 bits per heavy atom. The maximum atomic E-state index is 12.6. The van der Waals surface area contributed by atoms with Crippen molar-refractivity contribution in [3.05, 3.63) is 59.2 Å². The molecule has 0 unspecified atom stereocenters. The Labute approximate surface area is 158 Å². The van der Waals surface area contributed by atoms with E-state index in [1.807, 2.05) is 0 Å². The van der Waals surface area contributed by atoms with E-state index in [-0.39, 0.29) is 21.6 Å². The summed E-state index contributed by atoms with van der Waals surface area (Å²) in [5.41, 5.74) is 1.53. The van der Waals surface area contributed by atoms with Crippen molar-refractivity contribution in [2.75, 3.05) is 5.32 Å². The minimum absolute atomic E-state index is 0.175. The van der Waals surface area contributed by atoms with E-state index in [0.29, 0.717) is 29.7 Å². The fourth-order valence-electron chi connectivity index (χ4n) is 3.37. The quantitative estimate of drug-likeness (QED) is 0.815. The summed E-state index contributed by atoms with van der Waals surface area (Å²) in [4.78, 5) is 23.7. The zero-order chi connectivity index (χ0) is 19.6. The van der Waals surface area contributed by atoms with Crippen molar-refractivity contribution in [1.29, 1.82) is 0 Å². The summed E-state index contributed by atoms with van der Waals surface area (Å²) < 4.78 is 25.2. The lowest BCUT2D eigenvalue weighted by Gasteiger charge is -2.12. The van der Waals surface area contributed by atoms with Crippen molar-refractivity contribution < 1.29 is 23.1 Å². The van der Waals surface area contributed by atoms with Gasteiger partial charge in [-0.2, -0.15) is 0 Å². The van der Waals surface area contributed by atoms with Crippen LogP contribution in [-0.2, 0) is 9.84 Å². The van der Waals surface area contributed by atoms with Crippen LogP contribution in [0.3, 0.4) is 0 Å². The summed E-state index contributed by atoms with van der Waals surface area (Å²) in [6.45, 7) is 1.65. The highest BCUT2D eigenvalue weighted by molar-refractivity contribution is 7.92. The van der Waals surface area contributed by atoms with Crippen LogP contribution < -0.4 is 5.32 Å². The van der Waals surface area contributed by atoms with Gasteiger partial charge in [0.15, 0.2) is 9.84 Å². The van der Waals surface area contributed by atoms with Crippen molar-refractivity contribution in [2.24, 2.45) is 0 Å². The molecule has 0 radical (unpaired) electrons. The second-order valence-electron chi connectivity index (χ2n) is 6.76. The lowest BCUT2D eigenvalue weighted by Crippen LogP contribution is -2.18. The van der Waals surface area contributed by atoms with Crippen LogP contribution in [0.4, 0.5) is 5.69 Å². The van der Waals surface area contributed by atoms with Gasteiger partial charge in [0, 0.05) is 11.3 Å². The molecular weight excluding hydrogens is 366 g/mol. The summed E-state index contributed by atoms with van der Waals surface area (Å²) in [6, 6.07) is 10.5. The molecular formula is C20H21NO5S. The van der Waals surface area contributed by atoms with Gasteiger partial charge in [-0.15, -0.1) is 0 Å². The van der Waals surface area contributed by atoms with Gasteiger partial charge in [-0.3, -0.25) is 4.79 Å². The summed E-state index contributed by atoms with van der Waals surface area (Å²) in [5, 5.41) is 11.4. The second kappa shape index (κ2) is 7.52. The number of hydrogen-bond donors (Lipinski definition) is 2. The van der Waals surface area contributed by atoms with Gasteiger partial charge in [-0.05, 0) is 67.8 Å². The second-order valence-corrected chi connectivity index (χ2v) is 8.99. The van der Waals surface area contributed by atoms with Crippen molar-refractivity contribution >= 4 is 27.4 Å². The minimum Gasteiger partial charge on any atom is -0.478 e. The third-order valence-electron chi connectivity index (χ3n) is 4.90. The number of rotatable bonds is 5. The zero-order valence-electron chi connectivity index (χ0n) is 14.9. The molecule has 1 amide bonds. The van der Waals surface area contributed by atoms with E-state index in [0.717, 1.165) is 12.8 Å². The number of anilines is 1. The molecule has 0 saturated heterocycles. The van der Waals surface area contributed by atoms with Crippen LogP contribution >= 0.6 is 0 Å². The molecule has 7 heteroatoms. The Kier molecular flexibility index (Phi) is 5.32. The van der Waals surface area contributed by atoms with Gasteiger partial charge in [0.05, 0.1) is 15.7 Å². The van der Waals surface area contributed by atoms with Crippen LogP contribution in [0, 0.1) is 6.92 Å². The predicted molar refractivity (Wildman–Crippen MR) is 102 cm³/mol. The van der Waals surface area contributed by atoms with E-state index in [1.165, 1.54) is 36.4 Å². The molecule has 0 atom stereocenters. The Morgan fingerprint density at radius 2 is 1.67 bits per heavy atom. The number of nitrogens with one attached hydrogen (secondary N) is 1. The molecule has 6 nitrogen and oxygen atoms in total. The van der Waals surface area contributed by atoms with Crippen molar-refractivity contribution in [2.45, 2.75) is 42.8 Å². The first kappa shape index (κ1) is 19.1. The molecule has 27 heavy (non-hydrogen) atoms. The highest BCUT2D eigenvalue weighted by Crippen LogP contribution is 2.29. The molecule has 1 aliphatic rings. The fourth-order valence-corrected chi connectivity index (χ4v) is 5.23. The molecule has 2 N–H and O–H groups in total. The first-order valence-electron chi connectivity index (χ1n) is 8.78. The first-order chi connectivity index (χ1) is 12.8. The number of carbonyl (C=O) groups is 2. The van der Waals surface area contributed by atoms with E-state index < -0.39 is 15.8 Å². The zero-order valence-corrected chi connectivity index (χ0v) is 15.8. The average Bonchev–Trinajstić information content (AvgIpc) is 3.17. The molecule has 0 spiro atoms. The summed E-state index contributed by atoms with van der Waals surface area (Å²) in [7, 11) is -3.35. The average molecular weight is 387 g/mol. The molecule has 1 aliphatic carbocycles. The number of hydrogen-bond acceptors (Lipinski definition) is 4. The van der Waals surface area contributed by atoms with Gasteiger partial charge in [-0.1, -0.05) is 12.8 Å². The van der Waals surface area contributed by atoms with Crippen LogP contribution in [0.15, 0.2) is 47.4 Å². The number of aromatic carboxylic acids is 1. The third-order valence-corrected chi connectivity index (χ3v) is 7.18. The van der Waals surface area contributed by atoms with E-state index in [1.54, 1.807) is 13.0 Å². The smallest absolute Gasteiger partial charge is 0.335 e. The Morgan fingerprint density at radius 3 is 2.22 bits per heavy atom. The van der Waals surface area contributed by atoms with Gasteiger partial charge in [-0.25, -0.2) is 13.2 Å². The van der Waals surface area contributed by atoms with E-state index in [2.05, 4.69) is 5.32 Å². The lowest BCUT2D eigenvalue weighted by molar-refractivity contribution is 0.0696. The molecule has 2 aromatic carbocycles. The SMILES string of the molecule is Cc1cc(NC(=O)c2ccc(S(=O)(=O)C3CCCC3)cc2)ccc1C(=O)O. The van der Waals surface area contributed by atoms with E-state index in [9.17, 15) is 18.0 Å². The topological polar surface area (TPSA) is 101 Å². The largest absolute Gasteiger partial charge is 0.478 e. The highest BCUT2D eigenvalue weighted by Gasteiger charge is 2.30. The van der Waals surface area contributed by atoms with Gasteiger partial charge in [0.25, 0.3) is 5.91 Å². The first-order valence-corrected chi connectivity index (χ1v) is 10.3. The van der Waals surface area contributed by atoms with Crippen molar-refractivity contribution in [3.8, 4) is 0 Å². The highest BCUT2D eigenvalue weighted by atomic mass is 32.2. The summed E-state index contributed by atoms with van der Waals surface area (Å²) in [5.74, 6) is -1.41. The molecule has 0 heterocycles. The number of aryl methyl sites for hydroxylation is 1. The van der Waals surface area contributed by atoms with Crippen molar-refractivity contribution in [1.82, 2.24) is 0 Å². The third kappa shape index (κ3) is 4.03. The van der Waals surface area contributed by atoms with Crippen LogP contribution in [0.5, 0.6) is 0 Å². The molecule has 1 saturated carbocycles. The minimum atomic E-state index is -3.35. The van der Waals surface area contributed by atoms with Crippen LogP contribution in [-0.4, -0.2) is 30.7 Å². The number of sulfone groups is 1. The number of carboxylic acids is 1. The number of benzene rings is 2. The predicted octanol–water partition coefficient (Wildman–Crippen LogP) is 3.66. The normalized spacial score (nSPS) is 14.9. The Hall–Kier alpha value is -2.67. The van der Waals surface area contributed by atoms with E-state index in [4.69, 9.17) is 5.11 Å². The molecule has 1 fully saturated rings. The van der Waals surface area contributed by atoms with Crippen LogP contribution in [0.2, 0.25) is 0 Å². The summed E-state index contributed by atoms with van der Waals surface area (Å²) >= 11 is 0. The molecule has 3 rings (SSSR count). The maximum absolute atomic E-state index is 12.6. The molecule has 0 bridgehead atoms. The number of carboxylic acid groups (broad SMARTS) is 1. The lowest BCUT2D eigenvalue weighted by atomic mass is 10.1. The van der Waals surface area contributed by atoms with Gasteiger partial charge >= 0.3 is 5.97 Å². The molecule has 2 aromatic rings. The van der Waals surface area contributed by atoms with Crippen molar-refractivity contribution in [3.63, 3.8) is 0 Å². The standard InChI is InChI=1S/C20H21NO5S/c1-13-12-15(8-11-18(13)20(23)24)21-19(22)14-6-9-17(10-7-14)27(25,26)16-4-2-3-5-16/h6-12,16H,2-5H2,1H3,(H,21,22)(H,23,24). The number of carbonyl (C=O) groups excluding carboxylic acids is 1. The van der Waals surface area contributed by atoms with Gasteiger partial charge in [0.2, 0.25) is 0 Å². The molecule has 0 aromatic heterocycles. The Bertz CT molecular complexity index is 974. The number of amides is 1. The van der Waals surface area contributed by atoms with E-state index >= 15 is 0 Å². The maximum Gasteiger partial charge on any atom is 0.335 e. The van der Waals surface area contributed by atoms with Gasteiger partial charge < -0.3 is 10.4 Å². The fraction of sp³-hybridized carbons (Fsp3) is 0.300. The monoisotopic (exact) mass is 387 g/mol. The molecule has 0 aliphatic heterocycles. The Balaban J connectivity index is 1.74.